The molecule has 0 aliphatic carbocycles. The third-order valence-electron chi connectivity index (χ3n) is 5.24. The second-order valence-electron chi connectivity index (χ2n) is 7.48. The Kier molecular flexibility index (Phi) is 6.24. The summed E-state index contributed by atoms with van der Waals surface area (Å²) < 4.78 is 5.67. The number of hydrogen-bond donors (Lipinski definition) is 2. The highest BCUT2D eigenvalue weighted by Gasteiger charge is 2.30. The summed E-state index contributed by atoms with van der Waals surface area (Å²) in [6.45, 7) is 1.66. The van der Waals surface area contributed by atoms with Gasteiger partial charge in [0.25, 0.3) is 0 Å². The zero-order chi connectivity index (χ0) is 21.6. The molecule has 2 heterocycles. The van der Waals surface area contributed by atoms with E-state index in [9.17, 15) is 9.59 Å². The fourth-order valence-electron chi connectivity index (χ4n) is 3.70. The number of aromatic nitrogens is 1. The van der Waals surface area contributed by atoms with Crippen LogP contribution in [0.25, 0.3) is 0 Å². The van der Waals surface area contributed by atoms with Gasteiger partial charge in [-0.25, -0.2) is 4.98 Å². The van der Waals surface area contributed by atoms with Gasteiger partial charge in [0.2, 0.25) is 17.7 Å². The average Bonchev–Trinajstić information content (AvgIpc) is 3.24. The molecule has 31 heavy (non-hydrogen) atoms. The van der Waals surface area contributed by atoms with Gasteiger partial charge in [0, 0.05) is 18.2 Å². The molecule has 7 heteroatoms. The van der Waals surface area contributed by atoms with Crippen LogP contribution in [0.15, 0.2) is 72.9 Å². The van der Waals surface area contributed by atoms with Crippen molar-refractivity contribution in [2.45, 2.75) is 25.4 Å². The molecule has 2 aromatic carbocycles. The highest BCUT2D eigenvalue weighted by atomic mass is 16.5. The van der Waals surface area contributed by atoms with Gasteiger partial charge in [0.15, 0.2) is 0 Å². The van der Waals surface area contributed by atoms with Crippen molar-refractivity contribution in [1.29, 1.82) is 0 Å². The molecule has 4 rings (SSSR count). The van der Waals surface area contributed by atoms with Gasteiger partial charge in [-0.3, -0.25) is 14.5 Å². The molecule has 1 aliphatic rings. The van der Waals surface area contributed by atoms with Crippen LogP contribution in [0.1, 0.15) is 28.8 Å². The van der Waals surface area contributed by atoms with E-state index in [1.807, 2.05) is 18.2 Å². The molecule has 1 unspecified atom stereocenters. The molecule has 1 aliphatic heterocycles. The van der Waals surface area contributed by atoms with E-state index >= 15 is 0 Å². The Bertz CT molecular complexity index is 1050. The number of rotatable bonds is 7. The standard InChI is InChI=1S/C24H24N4O3/c25-23(29)18-8-4-9-20(14-18)31-22-12-11-19(15-26-22)27-24(30)21-10-5-13-28(21)16-17-6-2-1-3-7-17/h1-4,6-9,11-12,14-15,21H,5,10,13,16H2,(H2,25,29)(H,27,30). The highest BCUT2D eigenvalue weighted by Crippen LogP contribution is 2.24. The zero-order valence-corrected chi connectivity index (χ0v) is 17.0. The van der Waals surface area contributed by atoms with Crippen molar-refractivity contribution >= 4 is 17.5 Å². The number of primary amides is 1. The maximum atomic E-state index is 12.8. The first-order valence-electron chi connectivity index (χ1n) is 10.2. The zero-order valence-electron chi connectivity index (χ0n) is 17.0. The van der Waals surface area contributed by atoms with Gasteiger partial charge in [0.05, 0.1) is 17.9 Å². The Morgan fingerprint density at radius 2 is 1.94 bits per heavy atom. The first-order chi connectivity index (χ1) is 15.1. The summed E-state index contributed by atoms with van der Waals surface area (Å²) in [7, 11) is 0. The van der Waals surface area contributed by atoms with E-state index in [0.717, 1.165) is 25.9 Å². The van der Waals surface area contributed by atoms with Crippen LogP contribution in [0.5, 0.6) is 11.6 Å². The number of nitrogens with one attached hydrogen (secondary N) is 1. The lowest BCUT2D eigenvalue weighted by molar-refractivity contribution is -0.120. The molecule has 3 N–H and O–H groups in total. The van der Waals surface area contributed by atoms with Crippen molar-refractivity contribution in [2.75, 3.05) is 11.9 Å². The Labute approximate surface area is 180 Å². The normalized spacial score (nSPS) is 16.1. The fraction of sp³-hybridized carbons (Fsp3) is 0.208. The van der Waals surface area contributed by atoms with Crippen LogP contribution in [0.4, 0.5) is 5.69 Å². The van der Waals surface area contributed by atoms with E-state index < -0.39 is 5.91 Å². The number of nitrogens with zero attached hydrogens (tertiary/aromatic N) is 2. The third-order valence-corrected chi connectivity index (χ3v) is 5.24. The largest absolute Gasteiger partial charge is 0.439 e. The van der Waals surface area contributed by atoms with E-state index in [4.69, 9.17) is 10.5 Å². The molecule has 2 amide bonds. The maximum absolute atomic E-state index is 12.8. The second-order valence-corrected chi connectivity index (χ2v) is 7.48. The number of likely N-dealkylation sites (tertiary alicyclic amines) is 1. The Morgan fingerprint density at radius 1 is 1.10 bits per heavy atom. The molecule has 1 fully saturated rings. The molecular weight excluding hydrogens is 392 g/mol. The van der Waals surface area contributed by atoms with Crippen LogP contribution in [0.3, 0.4) is 0 Å². The second kappa shape index (κ2) is 9.40. The van der Waals surface area contributed by atoms with Crippen molar-refractivity contribution in [2.24, 2.45) is 5.73 Å². The van der Waals surface area contributed by atoms with Gasteiger partial charge in [0.1, 0.15) is 5.75 Å². The number of carbonyl (C=O) groups excluding carboxylic acids is 2. The van der Waals surface area contributed by atoms with E-state index in [2.05, 4.69) is 27.3 Å². The van der Waals surface area contributed by atoms with E-state index in [-0.39, 0.29) is 11.9 Å². The van der Waals surface area contributed by atoms with Crippen molar-refractivity contribution < 1.29 is 14.3 Å². The van der Waals surface area contributed by atoms with Gasteiger partial charge in [-0.15, -0.1) is 0 Å². The molecule has 7 nitrogen and oxygen atoms in total. The summed E-state index contributed by atoms with van der Waals surface area (Å²) >= 11 is 0. The van der Waals surface area contributed by atoms with Gasteiger partial charge in [-0.1, -0.05) is 36.4 Å². The number of pyridine rings is 1. The van der Waals surface area contributed by atoms with Crippen LogP contribution in [0, 0.1) is 0 Å². The summed E-state index contributed by atoms with van der Waals surface area (Å²) in [5.41, 5.74) is 7.46. The van der Waals surface area contributed by atoms with Gasteiger partial charge < -0.3 is 15.8 Å². The topological polar surface area (TPSA) is 97.6 Å². The quantitative estimate of drug-likeness (QED) is 0.614. The van der Waals surface area contributed by atoms with Crippen LogP contribution in [-0.4, -0.2) is 34.3 Å². The van der Waals surface area contributed by atoms with Crippen molar-refractivity contribution in [3.05, 3.63) is 84.1 Å². The van der Waals surface area contributed by atoms with Gasteiger partial charge >= 0.3 is 0 Å². The Balaban J connectivity index is 1.36. The van der Waals surface area contributed by atoms with Crippen LogP contribution in [-0.2, 0) is 11.3 Å². The number of anilines is 1. The van der Waals surface area contributed by atoms with Crippen LogP contribution < -0.4 is 15.8 Å². The summed E-state index contributed by atoms with van der Waals surface area (Å²) in [6.07, 6.45) is 3.39. The first kappa shape index (κ1) is 20.6. The predicted octanol–water partition coefficient (Wildman–Crippen LogP) is 3.58. The minimum atomic E-state index is -0.523. The summed E-state index contributed by atoms with van der Waals surface area (Å²) in [5, 5.41) is 2.95. The Morgan fingerprint density at radius 3 is 2.68 bits per heavy atom. The predicted molar refractivity (Wildman–Crippen MR) is 118 cm³/mol. The molecule has 1 aromatic heterocycles. The number of amides is 2. The van der Waals surface area contributed by atoms with Crippen molar-refractivity contribution in [3.8, 4) is 11.6 Å². The molecule has 0 saturated carbocycles. The third kappa shape index (κ3) is 5.26. The molecular formula is C24H24N4O3. The minimum absolute atomic E-state index is 0.0296. The monoisotopic (exact) mass is 416 g/mol. The lowest BCUT2D eigenvalue weighted by atomic mass is 10.1. The van der Waals surface area contributed by atoms with Crippen LogP contribution in [0.2, 0.25) is 0 Å². The number of nitrogens with two attached hydrogens (primary N) is 1. The number of benzene rings is 2. The van der Waals surface area contributed by atoms with E-state index in [1.54, 1.807) is 42.6 Å². The lowest BCUT2D eigenvalue weighted by Crippen LogP contribution is -2.39. The van der Waals surface area contributed by atoms with Crippen LogP contribution >= 0.6 is 0 Å². The molecule has 0 spiro atoms. The minimum Gasteiger partial charge on any atom is -0.439 e. The van der Waals surface area contributed by atoms with E-state index in [0.29, 0.717) is 22.9 Å². The Hall–Kier alpha value is -3.71. The SMILES string of the molecule is NC(=O)c1cccc(Oc2ccc(NC(=O)C3CCCN3Cc3ccccc3)cn2)c1. The molecule has 1 saturated heterocycles. The molecule has 0 bridgehead atoms. The first-order valence-corrected chi connectivity index (χ1v) is 10.2. The van der Waals surface area contributed by atoms with Crippen molar-refractivity contribution in [3.63, 3.8) is 0 Å². The summed E-state index contributed by atoms with van der Waals surface area (Å²) in [5.74, 6) is 0.261. The van der Waals surface area contributed by atoms with Gasteiger partial charge in [-0.2, -0.15) is 0 Å². The van der Waals surface area contributed by atoms with Gasteiger partial charge in [-0.05, 0) is 49.2 Å². The smallest absolute Gasteiger partial charge is 0.248 e. The average molecular weight is 416 g/mol. The number of carbonyl (C=O) groups is 2. The van der Waals surface area contributed by atoms with Crippen molar-refractivity contribution in [1.82, 2.24) is 9.88 Å². The molecule has 0 radical (unpaired) electrons. The number of ether oxygens (including phenoxy) is 1. The molecule has 158 valence electrons. The summed E-state index contributed by atoms with van der Waals surface area (Å²) in [6, 6.07) is 20.0. The number of hydrogen-bond acceptors (Lipinski definition) is 5. The highest BCUT2D eigenvalue weighted by molar-refractivity contribution is 5.95. The summed E-state index contributed by atoms with van der Waals surface area (Å²) in [4.78, 5) is 30.6. The fourth-order valence-corrected chi connectivity index (χ4v) is 3.70. The molecule has 3 aromatic rings. The lowest BCUT2D eigenvalue weighted by Gasteiger charge is -2.23. The van der Waals surface area contributed by atoms with E-state index in [1.165, 1.54) is 5.56 Å². The molecule has 1 atom stereocenters. The maximum Gasteiger partial charge on any atom is 0.248 e.